The van der Waals surface area contributed by atoms with Crippen LogP contribution in [0.2, 0.25) is 0 Å². The molecule has 0 aliphatic rings. The Hall–Kier alpha value is -6.74. The Morgan fingerprint density at radius 2 is 0.667 bits per heavy atom. The molecule has 0 unspecified atom stereocenters. The number of hydrogen-bond donors (Lipinski definition) is 0. The van der Waals surface area contributed by atoms with E-state index in [1.165, 1.54) is 81.1 Å². The second-order valence-electron chi connectivity index (χ2n) is 13.7. The molecule has 0 saturated carbocycles. The largest absolute Gasteiger partial charge is 0.309 e. The van der Waals surface area contributed by atoms with Crippen LogP contribution in [0.1, 0.15) is 0 Å². The smallest absolute Gasteiger partial charge is 0.0639 e. The van der Waals surface area contributed by atoms with Crippen molar-refractivity contribution >= 4 is 59.3 Å². The van der Waals surface area contributed by atoms with Crippen LogP contribution in [0, 0.1) is 0 Å². The van der Waals surface area contributed by atoms with Crippen LogP contribution in [-0.2, 0) is 0 Å². The highest BCUT2D eigenvalue weighted by atomic mass is 32.1. The lowest BCUT2D eigenvalue weighted by atomic mass is 9.91. The number of rotatable bonds is 7. The minimum Gasteiger partial charge on any atom is -0.309 e. The summed E-state index contributed by atoms with van der Waals surface area (Å²) < 4.78 is 2.60. The molecule has 0 fully saturated rings. The zero-order valence-corrected chi connectivity index (χ0v) is 30.4. The van der Waals surface area contributed by atoms with E-state index in [2.05, 4.69) is 217 Å². The van der Waals surface area contributed by atoms with Gasteiger partial charge in [0.25, 0.3) is 0 Å². The second-order valence-corrected chi connectivity index (χ2v) is 14.7. The van der Waals surface area contributed by atoms with Crippen molar-refractivity contribution < 1.29 is 0 Å². The normalized spacial score (nSPS) is 11.3. The first kappa shape index (κ1) is 32.0. The minimum atomic E-state index is 1.11. The SMILES string of the molecule is c1ccc(-c2ccc(-c3ccc(N(c4ccc(-c5ccccc5)cc4)c4c(-c5ccccc5)c5ccccc5c5sc6ccccc6c45)cc3)cc2)cc1. The highest BCUT2D eigenvalue weighted by molar-refractivity contribution is 7.26. The van der Waals surface area contributed by atoms with E-state index >= 15 is 0 Å². The van der Waals surface area contributed by atoms with Gasteiger partial charge in [-0.3, -0.25) is 0 Å². The molecule has 1 aromatic heterocycles. The number of fused-ring (bicyclic) bond motifs is 5. The van der Waals surface area contributed by atoms with Crippen LogP contribution in [0.4, 0.5) is 17.1 Å². The molecule has 2 heteroatoms. The van der Waals surface area contributed by atoms with Gasteiger partial charge >= 0.3 is 0 Å². The predicted molar refractivity (Wildman–Crippen MR) is 233 cm³/mol. The van der Waals surface area contributed by atoms with E-state index in [-0.39, 0.29) is 0 Å². The quantitative estimate of drug-likeness (QED) is 0.160. The standard InChI is InChI=1S/C52H35NS/c1-4-14-36(15-5-1)38-24-26-39(27-25-38)41-30-34-44(35-31-41)53(43-32-28-40(29-33-43)37-16-6-2-7-17-37)51-49(42-18-8-3-9-19-42)45-20-10-11-21-46(45)52-50(51)47-22-12-13-23-48(47)54-52/h1-35H. The summed E-state index contributed by atoms with van der Waals surface area (Å²) >= 11 is 1.89. The van der Waals surface area contributed by atoms with Crippen LogP contribution in [0.5, 0.6) is 0 Å². The van der Waals surface area contributed by atoms with E-state index in [4.69, 9.17) is 0 Å². The molecule has 1 heterocycles. The van der Waals surface area contributed by atoms with Gasteiger partial charge in [0.2, 0.25) is 0 Å². The van der Waals surface area contributed by atoms with Crippen molar-refractivity contribution in [3.05, 3.63) is 212 Å². The first-order valence-corrected chi connectivity index (χ1v) is 19.2. The molecule has 0 atom stereocenters. The molecule has 1 nitrogen and oxygen atoms in total. The van der Waals surface area contributed by atoms with Crippen molar-refractivity contribution in [2.45, 2.75) is 0 Å². The lowest BCUT2D eigenvalue weighted by molar-refractivity contribution is 1.30. The first-order valence-electron chi connectivity index (χ1n) is 18.4. The molecule has 0 amide bonds. The van der Waals surface area contributed by atoms with Crippen molar-refractivity contribution in [3.63, 3.8) is 0 Å². The van der Waals surface area contributed by atoms with Crippen molar-refractivity contribution in [2.75, 3.05) is 4.90 Å². The Labute approximate surface area is 319 Å². The Balaban J connectivity index is 1.21. The molecule has 0 aliphatic heterocycles. The van der Waals surface area contributed by atoms with E-state index in [0.29, 0.717) is 0 Å². The van der Waals surface area contributed by atoms with E-state index in [1.807, 2.05) is 11.3 Å². The molecule has 0 bridgehead atoms. The number of thiophene rings is 1. The van der Waals surface area contributed by atoms with Crippen molar-refractivity contribution in [3.8, 4) is 44.5 Å². The predicted octanol–water partition coefficient (Wildman–Crippen LogP) is 15.3. The van der Waals surface area contributed by atoms with Crippen LogP contribution < -0.4 is 4.90 Å². The van der Waals surface area contributed by atoms with Crippen LogP contribution in [-0.4, -0.2) is 0 Å². The van der Waals surface area contributed by atoms with Crippen LogP contribution in [0.3, 0.4) is 0 Å². The molecule has 0 aliphatic carbocycles. The van der Waals surface area contributed by atoms with E-state index in [0.717, 1.165) is 11.4 Å². The zero-order valence-electron chi connectivity index (χ0n) is 29.6. The lowest BCUT2D eigenvalue weighted by Gasteiger charge is -2.30. The van der Waals surface area contributed by atoms with Crippen molar-refractivity contribution in [1.82, 2.24) is 0 Å². The summed E-state index contributed by atoms with van der Waals surface area (Å²) in [6.45, 7) is 0. The van der Waals surface area contributed by atoms with Crippen LogP contribution in [0.25, 0.3) is 75.5 Å². The Morgan fingerprint density at radius 3 is 1.17 bits per heavy atom. The monoisotopic (exact) mass is 705 g/mol. The van der Waals surface area contributed by atoms with Crippen LogP contribution >= 0.6 is 11.3 Å². The molecular weight excluding hydrogens is 671 g/mol. The molecule has 0 radical (unpaired) electrons. The van der Waals surface area contributed by atoms with E-state index < -0.39 is 0 Å². The summed E-state index contributed by atoms with van der Waals surface area (Å²) in [5.41, 5.74) is 13.1. The third-order valence-electron chi connectivity index (χ3n) is 10.5. The topological polar surface area (TPSA) is 3.24 Å². The van der Waals surface area contributed by atoms with Gasteiger partial charge in [0, 0.05) is 42.5 Å². The lowest BCUT2D eigenvalue weighted by Crippen LogP contribution is -2.12. The van der Waals surface area contributed by atoms with Gasteiger partial charge < -0.3 is 4.90 Å². The van der Waals surface area contributed by atoms with Gasteiger partial charge in [-0.05, 0) is 74.7 Å². The summed E-state index contributed by atoms with van der Waals surface area (Å²) in [6.07, 6.45) is 0. The average Bonchev–Trinajstić information content (AvgIpc) is 3.65. The zero-order chi connectivity index (χ0) is 35.8. The van der Waals surface area contributed by atoms with Gasteiger partial charge in [0.05, 0.1) is 5.69 Å². The second kappa shape index (κ2) is 13.7. The summed E-state index contributed by atoms with van der Waals surface area (Å²) in [7, 11) is 0. The molecule has 9 aromatic carbocycles. The molecular formula is C52H35NS. The Bertz CT molecular complexity index is 2880. The number of nitrogens with zero attached hydrogens (tertiary/aromatic N) is 1. The molecule has 0 saturated heterocycles. The van der Waals surface area contributed by atoms with Crippen LogP contribution in [0.15, 0.2) is 212 Å². The number of hydrogen-bond acceptors (Lipinski definition) is 2. The highest BCUT2D eigenvalue weighted by Gasteiger charge is 2.26. The fourth-order valence-corrected chi connectivity index (χ4v) is 9.12. The first-order chi connectivity index (χ1) is 26.8. The number of benzene rings is 9. The Morgan fingerprint density at radius 1 is 0.296 bits per heavy atom. The van der Waals surface area contributed by atoms with Gasteiger partial charge in [-0.1, -0.05) is 182 Å². The molecule has 0 N–H and O–H groups in total. The summed E-state index contributed by atoms with van der Waals surface area (Å²) in [6, 6.07) is 77.0. The summed E-state index contributed by atoms with van der Waals surface area (Å²) in [5.74, 6) is 0. The van der Waals surface area contributed by atoms with E-state index in [1.54, 1.807) is 0 Å². The third-order valence-corrected chi connectivity index (χ3v) is 11.7. The molecule has 10 rings (SSSR count). The molecule has 10 aromatic rings. The molecule has 0 spiro atoms. The van der Waals surface area contributed by atoms with Crippen molar-refractivity contribution in [1.29, 1.82) is 0 Å². The fourth-order valence-electron chi connectivity index (χ4n) is 7.87. The Kier molecular flexibility index (Phi) is 8.09. The maximum absolute atomic E-state index is 2.49. The molecule has 54 heavy (non-hydrogen) atoms. The average molecular weight is 706 g/mol. The van der Waals surface area contributed by atoms with Gasteiger partial charge in [0.15, 0.2) is 0 Å². The van der Waals surface area contributed by atoms with E-state index in [9.17, 15) is 0 Å². The molecule has 254 valence electrons. The number of anilines is 3. The van der Waals surface area contributed by atoms with Crippen molar-refractivity contribution in [2.24, 2.45) is 0 Å². The van der Waals surface area contributed by atoms with Gasteiger partial charge in [0.1, 0.15) is 0 Å². The van der Waals surface area contributed by atoms with Gasteiger partial charge in [-0.25, -0.2) is 0 Å². The fraction of sp³-hybridized carbons (Fsp3) is 0. The van der Waals surface area contributed by atoms with Gasteiger partial charge in [-0.2, -0.15) is 0 Å². The maximum atomic E-state index is 2.49. The summed E-state index contributed by atoms with van der Waals surface area (Å²) in [5, 5.41) is 5.08. The highest BCUT2D eigenvalue weighted by Crippen LogP contribution is 2.53. The third kappa shape index (κ3) is 5.65. The summed E-state index contributed by atoms with van der Waals surface area (Å²) in [4.78, 5) is 2.49. The van der Waals surface area contributed by atoms with Gasteiger partial charge in [-0.15, -0.1) is 11.3 Å². The minimum absolute atomic E-state index is 1.11. The maximum Gasteiger partial charge on any atom is 0.0639 e.